The van der Waals surface area contributed by atoms with Crippen molar-refractivity contribution in [3.63, 3.8) is 0 Å². The Labute approximate surface area is 179 Å². The summed E-state index contributed by atoms with van der Waals surface area (Å²) in [5.41, 5.74) is 1.56. The van der Waals surface area contributed by atoms with Crippen LogP contribution in [-0.4, -0.2) is 45.9 Å². The summed E-state index contributed by atoms with van der Waals surface area (Å²) in [5.74, 6) is 0.0404. The molecule has 160 valence electrons. The Morgan fingerprint density at radius 3 is 2.74 bits per heavy atom. The molecule has 8 heteroatoms. The number of morpholine rings is 1. The SMILES string of the molecule is CCCC(=N)n1c(=N)c(=O)[nH]c2cc(C(=O)N3CCOC(c4ccccc4)C3)ccc21. The summed E-state index contributed by atoms with van der Waals surface area (Å²) < 4.78 is 7.19. The minimum Gasteiger partial charge on any atom is -0.370 e. The van der Waals surface area contributed by atoms with Crippen LogP contribution in [0.3, 0.4) is 0 Å². The van der Waals surface area contributed by atoms with Crippen molar-refractivity contribution in [2.24, 2.45) is 0 Å². The molecule has 1 atom stereocenters. The van der Waals surface area contributed by atoms with Gasteiger partial charge in [0.2, 0.25) is 0 Å². The number of H-pyrrole nitrogens is 1. The van der Waals surface area contributed by atoms with Crippen molar-refractivity contribution in [2.45, 2.75) is 25.9 Å². The predicted octanol–water partition coefficient (Wildman–Crippen LogP) is 2.65. The number of aromatic amines is 1. The number of benzene rings is 2. The first-order valence-electron chi connectivity index (χ1n) is 10.4. The van der Waals surface area contributed by atoms with Crippen LogP contribution in [0.1, 0.15) is 41.8 Å². The Kier molecular flexibility index (Phi) is 5.81. The summed E-state index contributed by atoms with van der Waals surface area (Å²) in [6.07, 6.45) is 1.00. The minimum absolute atomic E-state index is 0.142. The van der Waals surface area contributed by atoms with Gasteiger partial charge in [-0.3, -0.25) is 25.0 Å². The molecular weight excluding hydrogens is 394 g/mol. The molecule has 0 spiro atoms. The number of nitrogens with zero attached hydrogens (tertiary/aromatic N) is 2. The number of amides is 1. The molecule has 31 heavy (non-hydrogen) atoms. The van der Waals surface area contributed by atoms with Crippen LogP contribution in [0.15, 0.2) is 53.3 Å². The minimum atomic E-state index is -0.589. The number of rotatable bonds is 4. The summed E-state index contributed by atoms with van der Waals surface area (Å²) in [7, 11) is 0. The van der Waals surface area contributed by atoms with Gasteiger partial charge in [0.05, 0.1) is 24.2 Å². The molecule has 1 saturated heterocycles. The number of carbonyl (C=O) groups is 1. The molecule has 1 fully saturated rings. The Morgan fingerprint density at radius 2 is 2.00 bits per heavy atom. The summed E-state index contributed by atoms with van der Waals surface area (Å²) in [6.45, 7) is 3.33. The fourth-order valence-electron chi connectivity index (χ4n) is 3.88. The third kappa shape index (κ3) is 4.06. The number of nitrogens with one attached hydrogen (secondary N) is 3. The maximum absolute atomic E-state index is 13.2. The second-order valence-electron chi connectivity index (χ2n) is 7.59. The van der Waals surface area contributed by atoms with Gasteiger partial charge in [0.25, 0.3) is 11.5 Å². The van der Waals surface area contributed by atoms with E-state index < -0.39 is 5.56 Å². The third-order valence-electron chi connectivity index (χ3n) is 5.45. The number of ether oxygens (including phenoxy) is 1. The van der Waals surface area contributed by atoms with E-state index in [1.54, 1.807) is 23.1 Å². The maximum Gasteiger partial charge on any atom is 0.291 e. The molecule has 0 saturated carbocycles. The van der Waals surface area contributed by atoms with Crippen LogP contribution in [-0.2, 0) is 4.74 Å². The molecule has 2 heterocycles. The standard InChI is InChI=1S/C23H25N5O3/c1-2-6-20(24)28-18-10-9-16(13-17(18)26-22(29)21(28)25)23(30)27-11-12-31-19(14-27)15-7-4-3-5-8-15/h3-5,7-10,13,19,24-25H,2,6,11-12,14H2,1H3,(H,26,29). The average molecular weight is 419 g/mol. The lowest BCUT2D eigenvalue weighted by molar-refractivity contribution is -0.0228. The molecule has 0 radical (unpaired) electrons. The number of aromatic nitrogens is 2. The molecular formula is C23H25N5O3. The van der Waals surface area contributed by atoms with Crippen LogP contribution in [0.2, 0.25) is 0 Å². The highest BCUT2D eigenvalue weighted by Crippen LogP contribution is 2.23. The van der Waals surface area contributed by atoms with Crippen LogP contribution in [0.4, 0.5) is 0 Å². The molecule has 1 aliphatic rings. The van der Waals surface area contributed by atoms with Crippen molar-refractivity contribution < 1.29 is 9.53 Å². The third-order valence-corrected chi connectivity index (χ3v) is 5.45. The van der Waals surface area contributed by atoms with Gasteiger partial charge < -0.3 is 14.6 Å². The van der Waals surface area contributed by atoms with Gasteiger partial charge in [-0.2, -0.15) is 0 Å². The van der Waals surface area contributed by atoms with E-state index in [0.29, 0.717) is 42.7 Å². The zero-order chi connectivity index (χ0) is 22.0. The molecule has 4 rings (SSSR count). The largest absolute Gasteiger partial charge is 0.370 e. The fourth-order valence-corrected chi connectivity index (χ4v) is 3.88. The van der Waals surface area contributed by atoms with Crippen molar-refractivity contribution in [3.8, 4) is 0 Å². The lowest BCUT2D eigenvalue weighted by Crippen LogP contribution is -2.42. The number of fused-ring (bicyclic) bond motifs is 1. The molecule has 1 unspecified atom stereocenters. The molecule has 0 bridgehead atoms. The predicted molar refractivity (Wildman–Crippen MR) is 117 cm³/mol. The van der Waals surface area contributed by atoms with Gasteiger partial charge in [-0.25, -0.2) is 0 Å². The van der Waals surface area contributed by atoms with Gasteiger partial charge in [0.15, 0.2) is 5.49 Å². The monoisotopic (exact) mass is 419 g/mol. The van der Waals surface area contributed by atoms with E-state index >= 15 is 0 Å². The van der Waals surface area contributed by atoms with E-state index in [-0.39, 0.29) is 23.3 Å². The van der Waals surface area contributed by atoms with Crippen molar-refractivity contribution in [1.82, 2.24) is 14.5 Å². The second-order valence-corrected chi connectivity index (χ2v) is 7.59. The highest BCUT2D eigenvalue weighted by atomic mass is 16.5. The highest BCUT2D eigenvalue weighted by molar-refractivity contribution is 5.99. The molecule has 3 aromatic rings. The van der Waals surface area contributed by atoms with Crippen LogP contribution in [0, 0.1) is 10.8 Å². The van der Waals surface area contributed by atoms with Gasteiger partial charge in [0.1, 0.15) is 11.9 Å². The van der Waals surface area contributed by atoms with Crippen LogP contribution in [0.25, 0.3) is 11.0 Å². The van der Waals surface area contributed by atoms with Crippen LogP contribution < -0.4 is 11.0 Å². The lowest BCUT2D eigenvalue weighted by Gasteiger charge is -2.33. The second kappa shape index (κ2) is 8.69. The van der Waals surface area contributed by atoms with E-state index in [0.717, 1.165) is 12.0 Å². The van der Waals surface area contributed by atoms with Gasteiger partial charge in [-0.05, 0) is 30.2 Å². The van der Waals surface area contributed by atoms with Crippen LogP contribution >= 0.6 is 0 Å². The normalized spacial score (nSPS) is 16.4. The Balaban J connectivity index is 1.66. The number of carbonyl (C=O) groups excluding carboxylic acids is 1. The van der Waals surface area contributed by atoms with Crippen molar-refractivity contribution in [1.29, 1.82) is 10.8 Å². The Morgan fingerprint density at radius 1 is 1.23 bits per heavy atom. The first kappa shape index (κ1) is 20.7. The van der Waals surface area contributed by atoms with E-state index in [2.05, 4.69) is 4.98 Å². The van der Waals surface area contributed by atoms with Crippen molar-refractivity contribution in [2.75, 3.05) is 19.7 Å². The first-order valence-corrected chi connectivity index (χ1v) is 10.4. The molecule has 3 N–H and O–H groups in total. The maximum atomic E-state index is 13.2. The molecule has 8 nitrogen and oxygen atoms in total. The Bertz CT molecular complexity index is 1250. The van der Waals surface area contributed by atoms with Crippen LogP contribution in [0.5, 0.6) is 0 Å². The van der Waals surface area contributed by atoms with E-state index in [4.69, 9.17) is 15.6 Å². The Hall–Kier alpha value is -3.52. The van der Waals surface area contributed by atoms with Crippen molar-refractivity contribution >= 4 is 22.8 Å². The zero-order valence-corrected chi connectivity index (χ0v) is 17.4. The van der Waals surface area contributed by atoms with Gasteiger partial charge in [-0.1, -0.05) is 37.3 Å². The molecule has 1 aromatic heterocycles. The van der Waals surface area contributed by atoms with Crippen molar-refractivity contribution in [3.05, 3.63) is 75.5 Å². The summed E-state index contributed by atoms with van der Waals surface area (Å²) in [4.78, 5) is 29.9. The molecule has 1 aliphatic heterocycles. The number of hydrogen-bond donors (Lipinski definition) is 3. The highest BCUT2D eigenvalue weighted by Gasteiger charge is 2.26. The smallest absolute Gasteiger partial charge is 0.291 e. The fraction of sp³-hybridized carbons (Fsp3) is 0.304. The zero-order valence-electron chi connectivity index (χ0n) is 17.4. The summed E-state index contributed by atoms with van der Waals surface area (Å²) in [5, 5.41) is 16.3. The van der Waals surface area contributed by atoms with Gasteiger partial charge >= 0.3 is 0 Å². The lowest BCUT2D eigenvalue weighted by atomic mass is 10.1. The molecule has 2 aromatic carbocycles. The molecule has 1 amide bonds. The molecule has 0 aliphatic carbocycles. The van der Waals surface area contributed by atoms with E-state index in [1.165, 1.54) is 4.57 Å². The average Bonchev–Trinajstić information content (AvgIpc) is 2.80. The summed E-state index contributed by atoms with van der Waals surface area (Å²) >= 11 is 0. The van der Waals surface area contributed by atoms with E-state index in [1.807, 2.05) is 37.3 Å². The quantitative estimate of drug-likeness (QED) is 0.446. The number of hydrogen-bond acceptors (Lipinski definition) is 5. The van der Waals surface area contributed by atoms with Gasteiger partial charge in [-0.15, -0.1) is 0 Å². The van der Waals surface area contributed by atoms with E-state index in [9.17, 15) is 9.59 Å². The first-order chi connectivity index (χ1) is 15.0. The summed E-state index contributed by atoms with van der Waals surface area (Å²) in [6, 6.07) is 14.8. The van der Waals surface area contributed by atoms with Gasteiger partial charge in [0, 0.05) is 18.5 Å². The topological polar surface area (TPSA) is 115 Å².